The molecule has 1 aliphatic rings. The number of nitrogens with zero attached hydrogens (tertiary/aromatic N) is 3. The van der Waals surface area contributed by atoms with Gasteiger partial charge in [-0.15, -0.1) is 0 Å². The highest BCUT2D eigenvalue weighted by Gasteiger charge is 2.21. The van der Waals surface area contributed by atoms with Crippen LogP contribution in [0.4, 0.5) is 5.69 Å². The van der Waals surface area contributed by atoms with Crippen LogP contribution in [0.25, 0.3) is 0 Å². The molecule has 7 nitrogen and oxygen atoms in total. The van der Waals surface area contributed by atoms with Gasteiger partial charge < -0.3 is 9.47 Å². The van der Waals surface area contributed by atoms with E-state index in [-0.39, 0.29) is 23.9 Å². The van der Waals surface area contributed by atoms with Crippen molar-refractivity contribution in [3.8, 4) is 0 Å². The van der Waals surface area contributed by atoms with Crippen LogP contribution in [-0.2, 0) is 16.1 Å². The van der Waals surface area contributed by atoms with Gasteiger partial charge in [0.15, 0.2) is 0 Å². The Bertz CT molecular complexity index is 900. The molecule has 1 N–H and O–H groups in total. The van der Waals surface area contributed by atoms with Crippen molar-refractivity contribution in [1.82, 2.24) is 9.99 Å². The molecule has 3 rings (SSSR count). The topological polar surface area (TPSA) is 83.8 Å². The van der Waals surface area contributed by atoms with E-state index >= 15 is 0 Å². The molecule has 7 heteroatoms. The standard InChI is InChI=1S/C19H20N4O3/c1-14(20-21-17(24)13-22-11-3-2-5-18(22)25)15-7-9-16(10-8-15)23-12-4-6-19(23)26/h2-3,5,7-11H,4,6,12-13H2,1H3,(H,21,24)/b20-14-. The number of anilines is 1. The van der Waals surface area contributed by atoms with Gasteiger partial charge >= 0.3 is 0 Å². The Morgan fingerprint density at radius 1 is 1.15 bits per heavy atom. The van der Waals surface area contributed by atoms with Crippen molar-refractivity contribution in [1.29, 1.82) is 0 Å². The number of carbonyl (C=O) groups excluding carboxylic acids is 2. The van der Waals surface area contributed by atoms with Crippen molar-refractivity contribution in [3.63, 3.8) is 0 Å². The number of nitrogens with one attached hydrogen (secondary N) is 1. The van der Waals surface area contributed by atoms with Gasteiger partial charge in [-0.2, -0.15) is 5.10 Å². The van der Waals surface area contributed by atoms with E-state index in [0.717, 1.165) is 24.2 Å². The Balaban J connectivity index is 1.62. The lowest BCUT2D eigenvalue weighted by atomic mass is 10.1. The summed E-state index contributed by atoms with van der Waals surface area (Å²) < 4.78 is 1.31. The summed E-state index contributed by atoms with van der Waals surface area (Å²) in [6.07, 6.45) is 3.03. The number of rotatable bonds is 5. The number of aromatic nitrogens is 1. The SMILES string of the molecule is C/C(=N/NC(=O)Cn1ccccc1=O)c1ccc(N2CCCC2=O)cc1. The Morgan fingerprint density at radius 3 is 2.58 bits per heavy atom. The molecule has 0 saturated carbocycles. The van der Waals surface area contributed by atoms with Crippen molar-refractivity contribution in [2.24, 2.45) is 5.10 Å². The summed E-state index contributed by atoms with van der Waals surface area (Å²) in [6, 6.07) is 12.2. The normalized spacial score (nSPS) is 14.6. The van der Waals surface area contributed by atoms with E-state index in [4.69, 9.17) is 0 Å². The molecule has 1 aromatic heterocycles. The Kier molecular flexibility index (Phi) is 5.26. The van der Waals surface area contributed by atoms with E-state index in [9.17, 15) is 14.4 Å². The molecule has 26 heavy (non-hydrogen) atoms. The first-order chi connectivity index (χ1) is 12.5. The Morgan fingerprint density at radius 2 is 1.92 bits per heavy atom. The molecule has 0 radical (unpaired) electrons. The van der Waals surface area contributed by atoms with Crippen molar-refractivity contribution in [2.75, 3.05) is 11.4 Å². The van der Waals surface area contributed by atoms with Crippen LogP contribution < -0.4 is 15.9 Å². The fraction of sp³-hybridized carbons (Fsp3) is 0.263. The lowest BCUT2D eigenvalue weighted by Crippen LogP contribution is -2.29. The van der Waals surface area contributed by atoms with Crippen molar-refractivity contribution < 1.29 is 9.59 Å². The molecule has 1 saturated heterocycles. The first-order valence-electron chi connectivity index (χ1n) is 8.44. The van der Waals surface area contributed by atoms with Crippen LogP contribution in [0.1, 0.15) is 25.3 Å². The molecule has 1 aliphatic heterocycles. The highest BCUT2D eigenvalue weighted by molar-refractivity contribution is 6.00. The minimum atomic E-state index is -0.378. The van der Waals surface area contributed by atoms with Gasteiger partial charge in [-0.1, -0.05) is 18.2 Å². The van der Waals surface area contributed by atoms with E-state index in [1.54, 1.807) is 30.2 Å². The second-order valence-corrected chi connectivity index (χ2v) is 6.09. The molecular formula is C19H20N4O3. The zero-order chi connectivity index (χ0) is 18.5. The summed E-state index contributed by atoms with van der Waals surface area (Å²) in [4.78, 5) is 37.1. The van der Waals surface area contributed by atoms with Crippen LogP contribution in [0.3, 0.4) is 0 Å². The van der Waals surface area contributed by atoms with Gasteiger partial charge in [0.2, 0.25) is 5.91 Å². The first kappa shape index (κ1) is 17.6. The number of amides is 2. The van der Waals surface area contributed by atoms with Crippen LogP contribution in [0, 0.1) is 0 Å². The van der Waals surface area contributed by atoms with Crippen LogP contribution in [0.5, 0.6) is 0 Å². The summed E-state index contributed by atoms with van der Waals surface area (Å²) in [6.45, 7) is 2.44. The molecule has 0 spiro atoms. The second-order valence-electron chi connectivity index (χ2n) is 6.09. The van der Waals surface area contributed by atoms with Crippen molar-refractivity contribution >= 4 is 23.2 Å². The molecule has 0 unspecified atom stereocenters. The maximum atomic E-state index is 11.9. The zero-order valence-corrected chi connectivity index (χ0v) is 14.5. The third-order valence-corrected chi connectivity index (χ3v) is 4.23. The lowest BCUT2D eigenvalue weighted by molar-refractivity contribution is -0.121. The maximum Gasteiger partial charge on any atom is 0.260 e. The van der Waals surface area contributed by atoms with Gasteiger partial charge in [0.25, 0.3) is 11.5 Å². The fourth-order valence-corrected chi connectivity index (χ4v) is 2.80. The van der Waals surface area contributed by atoms with Crippen molar-refractivity contribution in [3.05, 3.63) is 64.6 Å². The monoisotopic (exact) mass is 352 g/mol. The van der Waals surface area contributed by atoms with Gasteiger partial charge in [-0.3, -0.25) is 14.4 Å². The quantitative estimate of drug-likeness (QED) is 0.654. The number of hydrazone groups is 1. The summed E-state index contributed by atoms with van der Waals surface area (Å²) in [5.41, 5.74) is 4.57. The van der Waals surface area contributed by atoms with E-state index in [0.29, 0.717) is 12.1 Å². The van der Waals surface area contributed by atoms with Crippen LogP contribution in [-0.4, -0.2) is 28.6 Å². The summed E-state index contributed by atoms with van der Waals surface area (Å²) in [5, 5.41) is 4.08. The van der Waals surface area contributed by atoms with Gasteiger partial charge in [-0.25, -0.2) is 5.43 Å². The Labute approximate surface area is 150 Å². The molecule has 2 amide bonds. The molecule has 0 aliphatic carbocycles. The number of pyridine rings is 1. The van der Waals surface area contributed by atoms with Gasteiger partial charge in [0, 0.05) is 30.9 Å². The summed E-state index contributed by atoms with van der Waals surface area (Å²) >= 11 is 0. The Hall–Kier alpha value is -3.22. The largest absolute Gasteiger partial charge is 0.312 e. The number of hydrogen-bond acceptors (Lipinski definition) is 4. The second kappa shape index (κ2) is 7.77. The minimum Gasteiger partial charge on any atom is -0.312 e. The molecule has 2 aromatic rings. The van der Waals surface area contributed by atoms with E-state index in [1.807, 2.05) is 24.3 Å². The minimum absolute atomic E-state index is 0.0908. The molecule has 134 valence electrons. The maximum absolute atomic E-state index is 11.9. The average Bonchev–Trinajstić information content (AvgIpc) is 3.08. The third-order valence-electron chi connectivity index (χ3n) is 4.23. The van der Waals surface area contributed by atoms with Crippen molar-refractivity contribution in [2.45, 2.75) is 26.3 Å². The van der Waals surface area contributed by atoms with Crippen LogP contribution >= 0.6 is 0 Å². The smallest absolute Gasteiger partial charge is 0.260 e. The van der Waals surface area contributed by atoms with Crippen LogP contribution in [0.15, 0.2) is 58.6 Å². The fourth-order valence-electron chi connectivity index (χ4n) is 2.80. The van der Waals surface area contributed by atoms with E-state index < -0.39 is 0 Å². The van der Waals surface area contributed by atoms with Gasteiger partial charge in [0.1, 0.15) is 6.54 Å². The molecule has 0 atom stereocenters. The molecule has 2 heterocycles. The highest BCUT2D eigenvalue weighted by Crippen LogP contribution is 2.21. The third kappa shape index (κ3) is 4.05. The molecule has 1 fully saturated rings. The van der Waals surface area contributed by atoms with E-state index in [2.05, 4.69) is 10.5 Å². The molecule has 1 aromatic carbocycles. The van der Waals surface area contributed by atoms with Gasteiger partial charge in [-0.05, 0) is 37.1 Å². The number of carbonyl (C=O) groups is 2. The molecular weight excluding hydrogens is 332 g/mol. The van der Waals surface area contributed by atoms with Gasteiger partial charge in [0.05, 0.1) is 5.71 Å². The average molecular weight is 352 g/mol. The zero-order valence-electron chi connectivity index (χ0n) is 14.5. The summed E-state index contributed by atoms with van der Waals surface area (Å²) in [5.74, 6) is -0.233. The number of benzene rings is 1. The predicted octanol–water partition coefficient (Wildman–Crippen LogP) is 1.52. The highest BCUT2D eigenvalue weighted by atomic mass is 16.2. The first-order valence-corrected chi connectivity index (χ1v) is 8.44. The molecule has 0 bridgehead atoms. The predicted molar refractivity (Wildman–Crippen MR) is 99.1 cm³/mol. The number of hydrogen-bond donors (Lipinski definition) is 1. The van der Waals surface area contributed by atoms with Crippen LogP contribution in [0.2, 0.25) is 0 Å². The summed E-state index contributed by atoms with van der Waals surface area (Å²) in [7, 11) is 0. The lowest BCUT2D eigenvalue weighted by Gasteiger charge is -2.15. The van der Waals surface area contributed by atoms with E-state index in [1.165, 1.54) is 10.6 Å².